The minimum atomic E-state index is -0.218. The highest BCUT2D eigenvalue weighted by atomic mass is 79.9. The summed E-state index contributed by atoms with van der Waals surface area (Å²) in [5.41, 5.74) is 0.800. The van der Waals surface area contributed by atoms with E-state index in [1.807, 2.05) is 24.3 Å². The van der Waals surface area contributed by atoms with Gasteiger partial charge in [-0.15, -0.1) is 0 Å². The van der Waals surface area contributed by atoms with Gasteiger partial charge in [-0.3, -0.25) is 9.69 Å². The lowest BCUT2D eigenvalue weighted by molar-refractivity contribution is -0.118. The Balaban J connectivity index is 1.85. The zero-order valence-corrected chi connectivity index (χ0v) is 13.3. The molecule has 4 nitrogen and oxygen atoms in total. The number of carbonyl (C=O) groups excluding carboxylic acids is 1. The normalized spacial score (nSPS) is 23.6. The topological polar surface area (TPSA) is 52.6 Å². The fraction of sp³-hybridized carbons (Fsp3) is 0.533. The Morgan fingerprint density at radius 2 is 2.35 bits per heavy atom. The SMILES string of the molecule is CCC1CN(CC(=O)Nc2cccc(Br)c2)CCC1O. The number of benzene rings is 1. The summed E-state index contributed by atoms with van der Waals surface area (Å²) in [5, 5.41) is 12.8. The number of halogens is 1. The number of carbonyl (C=O) groups is 1. The Hall–Kier alpha value is -0.910. The van der Waals surface area contributed by atoms with Gasteiger partial charge in [-0.05, 0) is 37.0 Å². The molecule has 5 heteroatoms. The average Bonchev–Trinajstić information content (AvgIpc) is 2.41. The molecule has 0 aromatic heterocycles. The van der Waals surface area contributed by atoms with Gasteiger partial charge in [0.2, 0.25) is 5.91 Å². The fourth-order valence-electron chi connectivity index (χ4n) is 2.61. The molecule has 1 fully saturated rings. The van der Waals surface area contributed by atoms with E-state index in [9.17, 15) is 9.90 Å². The highest BCUT2D eigenvalue weighted by Crippen LogP contribution is 2.20. The van der Waals surface area contributed by atoms with Gasteiger partial charge in [0, 0.05) is 23.2 Å². The lowest BCUT2D eigenvalue weighted by Crippen LogP contribution is -2.45. The number of anilines is 1. The molecule has 2 unspecified atom stereocenters. The second-order valence-electron chi connectivity index (χ2n) is 5.32. The van der Waals surface area contributed by atoms with E-state index in [1.165, 1.54) is 0 Å². The number of aliphatic hydroxyl groups excluding tert-OH is 1. The average molecular weight is 341 g/mol. The minimum Gasteiger partial charge on any atom is -0.393 e. The van der Waals surface area contributed by atoms with E-state index >= 15 is 0 Å². The minimum absolute atomic E-state index is 0.00524. The monoisotopic (exact) mass is 340 g/mol. The predicted molar refractivity (Wildman–Crippen MR) is 83.6 cm³/mol. The molecule has 0 bridgehead atoms. The molecule has 1 aliphatic heterocycles. The van der Waals surface area contributed by atoms with E-state index in [1.54, 1.807) is 0 Å². The van der Waals surface area contributed by atoms with Gasteiger partial charge in [-0.25, -0.2) is 0 Å². The van der Waals surface area contributed by atoms with Crippen LogP contribution in [0.1, 0.15) is 19.8 Å². The molecule has 1 amide bonds. The van der Waals surface area contributed by atoms with Gasteiger partial charge in [0.15, 0.2) is 0 Å². The number of amides is 1. The molecule has 0 spiro atoms. The third kappa shape index (κ3) is 4.30. The summed E-state index contributed by atoms with van der Waals surface area (Å²) >= 11 is 3.38. The summed E-state index contributed by atoms with van der Waals surface area (Å²) in [6.45, 7) is 4.04. The summed E-state index contributed by atoms with van der Waals surface area (Å²) in [4.78, 5) is 14.2. The van der Waals surface area contributed by atoms with Crippen molar-refractivity contribution in [2.75, 3.05) is 25.0 Å². The maximum atomic E-state index is 12.0. The molecule has 20 heavy (non-hydrogen) atoms. The third-order valence-corrected chi connectivity index (χ3v) is 4.27. The van der Waals surface area contributed by atoms with Crippen molar-refractivity contribution in [3.63, 3.8) is 0 Å². The molecule has 110 valence electrons. The van der Waals surface area contributed by atoms with Gasteiger partial charge < -0.3 is 10.4 Å². The van der Waals surface area contributed by atoms with Crippen LogP contribution in [-0.2, 0) is 4.79 Å². The summed E-state index contributed by atoms with van der Waals surface area (Å²) in [6.07, 6.45) is 1.48. The zero-order valence-electron chi connectivity index (χ0n) is 11.7. The standard InChI is InChI=1S/C15H21BrN2O2/c1-2-11-9-18(7-6-14(11)19)10-15(20)17-13-5-3-4-12(16)8-13/h3-5,8,11,14,19H,2,6-7,9-10H2,1H3,(H,17,20). The van der Waals surface area contributed by atoms with Gasteiger partial charge in [-0.1, -0.05) is 28.9 Å². The highest BCUT2D eigenvalue weighted by Gasteiger charge is 2.27. The Morgan fingerprint density at radius 3 is 3.05 bits per heavy atom. The van der Waals surface area contributed by atoms with Gasteiger partial charge in [0.25, 0.3) is 0 Å². The van der Waals surface area contributed by atoms with Crippen LogP contribution < -0.4 is 5.32 Å². The van der Waals surface area contributed by atoms with Crippen LogP contribution >= 0.6 is 15.9 Å². The number of nitrogens with one attached hydrogen (secondary N) is 1. The maximum absolute atomic E-state index is 12.0. The number of hydrogen-bond donors (Lipinski definition) is 2. The Morgan fingerprint density at radius 1 is 1.55 bits per heavy atom. The number of likely N-dealkylation sites (tertiary alicyclic amines) is 1. The fourth-order valence-corrected chi connectivity index (χ4v) is 3.01. The molecule has 1 aromatic carbocycles. The van der Waals surface area contributed by atoms with Crippen LogP contribution in [0.5, 0.6) is 0 Å². The summed E-state index contributed by atoms with van der Waals surface area (Å²) in [7, 11) is 0. The second kappa shape index (κ2) is 7.20. The van der Waals surface area contributed by atoms with Crippen molar-refractivity contribution in [3.05, 3.63) is 28.7 Å². The van der Waals surface area contributed by atoms with Crippen molar-refractivity contribution < 1.29 is 9.90 Å². The van der Waals surface area contributed by atoms with Crippen molar-refractivity contribution in [1.82, 2.24) is 4.90 Å². The second-order valence-corrected chi connectivity index (χ2v) is 6.23. The zero-order chi connectivity index (χ0) is 14.5. The van der Waals surface area contributed by atoms with E-state index in [0.717, 1.165) is 36.1 Å². The molecule has 1 aliphatic rings. The summed E-state index contributed by atoms with van der Waals surface area (Å²) < 4.78 is 0.947. The first-order chi connectivity index (χ1) is 9.58. The van der Waals surface area contributed by atoms with Crippen LogP contribution in [0.4, 0.5) is 5.69 Å². The van der Waals surface area contributed by atoms with E-state index in [-0.39, 0.29) is 17.9 Å². The molecule has 1 saturated heterocycles. The third-order valence-electron chi connectivity index (χ3n) is 3.78. The van der Waals surface area contributed by atoms with E-state index in [0.29, 0.717) is 6.54 Å². The van der Waals surface area contributed by atoms with Crippen LogP contribution in [0.3, 0.4) is 0 Å². The van der Waals surface area contributed by atoms with E-state index < -0.39 is 0 Å². The maximum Gasteiger partial charge on any atom is 0.238 e. The molecule has 1 aromatic rings. The van der Waals surface area contributed by atoms with Crippen molar-refractivity contribution in [1.29, 1.82) is 0 Å². The number of aliphatic hydroxyl groups is 1. The number of piperidine rings is 1. The summed E-state index contributed by atoms with van der Waals surface area (Å²) in [5.74, 6) is 0.275. The molecule has 1 heterocycles. The first-order valence-corrected chi connectivity index (χ1v) is 7.83. The van der Waals surface area contributed by atoms with Gasteiger partial charge in [0.1, 0.15) is 0 Å². The molecule has 2 N–H and O–H groups in total. The highest BCUT2D eigenvalue weighted by molar-refractivity contribution is 9.10. The molecule has 0 aliphatic carbocycles. The van der Waals surface area contributed by atoms with Gasteiger partial charge >= 0.3 is 0 Å². The molecule has 2 atom stereocenters. The number of rotatable bonds is 4. The van der Waals surface area contributed by atoms with Crippen LogP contribution in [-0.4, -0.2) is 41.7 Å². The van der Waals surface area contributed by atoms with Crippen LogP contribution in [0.2, 0.25) is 0 Å². The first-order valence-electron chi connectivity index (χ1n) is 7.04. The lowest BCUT2D eigenvalue weighted by Gasteiger charge is -2.35. The van der Waals surface area contributed by atoms with Crippen LogP contribution in [0, 0.1) is 5.92 Å². The van der Waals surface area contributed by atoms with Crippen molar-refractivity contribution in [3.8, 4) is 0 Å². The van der Waals surface area contributed by atoms with Crippen LogP contribution in [0.15, 0.2) is 28.7 Å². The Kier molecular flexibility index (Phi) is 5.57. The van der Waals surface area contributed by atoms with E-state index in [4.69, 9.17) is 0 Å². The Labute approximate surface area is 128 Å². The van der Waals surface area contributed by atoms with Gasteiger partial charge in [-0.2, -0.15) is 0 Å². The Bertz CT molecular complexity index is 467. The smallest absolute Gasteiger partial charge is 0.238 e. The lowest BCUT2D eigenvalue weighted by atomic mass is 9.92. The van der Waals surface area contributed by atoms with Crippen molar-refractivity contribution >= 4 is 27.5 Å². The van der Waals surface area contributed by atoms with E-state index in [2.05, 4.69) is 33.1 Å². The largest absolute Gasteiger partial charge is 0.393 e. The van der Waals surface area contributed by atoms with Crippen LogP contribution in [0.25, 0.3) is 0 Å². The van der Waals surface area contributed by atoms with Crippen molar-refractivity contribution in [2.45, 2.75) is 25.9 Å². The number of nitrogens with zero attached hydrogens (tertiary/aromatic N) is 1. The molecule has 0 radical (unpaired) electrons. The molecular weight excluding hydrogens is 320 g/mol. The van der Waals surface area contributed by atoms with Gasteiger partial charge in [0.05, 0.1) is 12.6 Å². The first kappa shape index (κ1) is 15.5. The number of hydrogen-bond acceptors (Lipinski definition) is 3. The summed E-state index contributed by atoms with van der Waals surface area (Å²) in [6, 6.07) is 7.57. The molecular formula is C15H21BrN2O2. The van der Waals surface area contributed by atoms with Crippen molar-refractivity contribution in [2.24, 2.45) is 5.92 Å². The quantitative estimate of drug-likeness (QED) is 0.885. The predicted octanol–water partition coefficient (Wildman–Crippen LogP) is 2.48. The molecule has 2 rings (SSSR count). The molecule has 0 saturated carbocycles.